The molecule has 1 heterocycles. The van der Waals surface area contributed by atoms with Crippen LogP contribution in [0.4, 0.5) is 5.69 Å². The summed E-state index contributed by atoms with van der Waals surface area (Å²) < 4.78 is 0. The van der Waals surface area contributed by atoms with Crippen molar-refractivity contribution in [2.24, 2.45) is 0 Å². The van der Waals surface area contributed by atoms with Crippen molar-refractivity contribution in [3.05, 3.63) is 30.3 Å². The zero-order valence-corrected chi connectivity index (χ0v) is 14.1. The van der Waals surface area contributed by atoms with Crippen LogP contribution in [0, 0.1) is 0 Å². The van der Waals surface area contributed by atoms with Crippen LogP contribution in [-0.2, 0) is 9.59 Å². The standard InChI is InChI=1S/C18H27N3O2/c1-20-13-7-6-10-16(20)14-21(2)18(23)12-11-17(22)19-15-8-4-3-5-9-15/h3-5,8-9,16H,6-7,10-14H2,1-2H3,(H,19,22)/t16-/m0/s1. The normalized spacial score (nSPS) is 18.4. The summed E-state index contributed by atoms with van der Waals surface area (Å²) in [7, 11) is 3.95. The monoisotopic (exact) mass is 317 g/mol. The molecule has 1 aromatic carbocycles. The molecule has 1 saturated heterocycles. The van der Waals surface area contributed by atoms with Crippen molar-refractivity contribution in [1.82, 2.24) is 9.80 Å². The number of anilines is 1. The number of carbonyl (C=O) groups excluding carboxylic acids is 2. The number of benzene rings is 1. The third-order valence-electron chi connectivity index (χ3n) is 4.46. The third kappa shape index (κ3) is 5.67. The molecule has 1 N–H and O–H groups in total. The van der Waals surface area contributed by atoms with E-state index in [4.69, 9.17) is 0 Å². The molecule has 1 aliphatic rings. The highest BCUT2D eigenvalue weighted by molar-refractivity contribution is 5.93. The van der Waals surface area contributed by atoms with Gasteiger partial charge in [-0.3, -0.25) is 9.59 Å². The molecule has 126 valence electrons. The molecule has 0 spiro atoms. The molecule has 0 radical (unpaired) electrons. The Morgan fingerprint density at radius 3 is 2.65 bits per heavy atom. The lowest BCUT2D eigenvalue weighted by Crippen LogP contribution is -2.45. The summed E-state index contributed by atoms with van der Waals surface area (Å²) >= 11 is 0. The molecule has 5 nitrogen and oxygen atoms in total. The Balaban J connectivity index is 1.72. The molecule has 5 heteroatoms. The minimum atomic E-state index is -0.118. The number of amides is 2. The van der Waals surface area contributed by atoms with E-state index >= 15 is 0 Å². The van der Waals surface area contributed by atoms with Crippen LogP contribution < -0.4 is 5.32 Å². The second-order valence-electron chi connectivity index (χ2n) is 6.32. The van der Waals surface area contributed by atoms with Gasteiger partial charge in [0, 0.05) is 38.2 Å². The summed E-state index contributed by atoms with van der Waals surface area (Å²) in [4.78, 5) is 28.2. The van der Waals surface area contributed by atoms with E-state index in [-0.39, 0.29) is 24.7 Å². The van der Waals surface area contributed by atoms with Gasteiger partial charge >= 0.3 is 0 Å². The van der Waals surface area contributed by atoms with Gasteiger partial charge in [-0.25, -0.2) is 0 Å². The van der Waals surface area contributed by atoms with Gasteiger partial charge in [-0.2, -0.15) is 0 Å². The van der Waals surface area contributed by atoms with Crippen LogP contribution in [0.5, 0.6) is 0 Å². The highest BCUT2D eigenvalue weighted by atomic mass is 16.2. The number of rotatable bonds is 6. The van der Waals surface area contributed by atoms with Crippen LogP contribution in [0.3, 0.4) is 0 Å². The lowest BCUT2D eigenvalue weighted by Gasteiger charge is -2.35. The van der Waals surface area contributed by atoms with Gasteiger partial charge in [-0.05, 0) is 38.6 Å². The fourth-order valence-corrected chi connectivity index (χ4v) is 2.95. The van der Waals surface area contributed by atoms with Gasteiger partial charge in [-0.15, -0.1) is 0 Å². The van der Waals surface area contributed by atoms with Crippen molar-refractivity contribution < 1.29 is 9.59 Å². The highest BCUT2D eigenvalue weighted by Crippen LogP contribution is 2.16. The SMILES string of the molecule is CN(C[C@@H]1CCCCN1C)C(=O)CCC(=O)Nc1ccccc1. The minimum absolute atomic E-state index is 0.0344. The number of hydrogen-bond acceptors (Lipinski definition) is 3. The quantitative estimate of drug-likeness (QED) is 0.876. The van der Waals surface area contributed by atoms with Crippen molar-refractivity contribution >= 4 is 17.5 Å². The van der Waals surface area contributed by atoms with Crippen LogP contribution >= 0.6 is 0 Å². The van der Waals surface area contributed by atoms with Crippen molar-refractivity contribution in [1.29, 1.82) is 0 Å². The van der Waals surface area contributed by atoms with E-state index in [0.29, 0.717) is 6.04 Å². The van der Waals surface area contributed by atoms with E-state index in [2.05, 4.69) is 17.3 Å². The molecule has 1 atom stereocenters. The number of nitrogens with one attached hydrogen (secondary N) is 1. The van der Waals surface area contributed by atoms with Crippen molar-refractivity contribution in [2.75, 3.05) is 32.5 Å². The third-order valence-corrected chi connectivity index (χ3v) is 4.46. The zero-order chi connectivity index (χ0) is 16.7. The average Bonchev–Trinajstić information content (AvgIpc) is 2.55. The molecule has 2 rings (SSSR count). The van der Waals surface area contributed by atoms with Gasteiger partial charge in [0.2, 0.25) is 11.8 Å². The van der Waals surface area contributed by atoms with E-state index in [0.717, 1.165) is 25.2 Å². The topological polar surface area (TPSA) is 52.7 Å². The van der Waals surface area contributed by atoms with Crippen LogP contribution in [0.1, 0.15) is 32.1 Å². The Hall–Kier alpha value is -1.88. The molecule has 0 bridgehead atoms. The van der Waals surface area contributed by atoms with Gasteiger partial charge in [0.25, 0.3) is 0 Å². The molecule has 2 amide bonds. The second-order valence-corrected chi connectivity index (χ2v) is 6.32. The van der Waals surface area contributed by atoms with Crippen LogP contribution in [0.15, 0.2) is 30.3 Å². The molecule has 0 aliphatic carbocycles. The predicted molar refractivity (Wildman–Crippen MR) is 92.2 cm³/mol. The van der Waals surface area contributed by atoms with Crippen molar-refractivity contribution in [3.63, 3.8) is 0 Å². The van der Waals surface area contributed by atoms with Gasteiger partial charge in [0.05, 0.1) is 0 Å². The molecular weight excluding hydrogens is 290 g/mol. The molecule has 1 aliphatic heterocycles. The van der Waals surface area contributed by atoms with Crippen LogP contribution in [0.2, 0.25) is 0 Å². The average molecular weight is 317 g/mol. The van der Waals surface area contributed by atoms with E-state index in [9.17, 15) is 9.59 Å². The Kier molecular flexibility index (Phi) is 6.59. The first-order valence-electron chi connectivity index (χ1n) is 8.35. The Labute approximate surface area is 138 Å². The first-order valence-corrected chi connectivity index (χ1v) is 8.35. The van der Waals surface area contributed by atoms with E-state index in [1.807, 2.05) is 37.4 Å². The van der Waals surface area contributed by atoms with Gasteiger partial charge < -0.3 is 15.1 Å². The number of carbonyl (C=O) groups is 2. The highest BCUT2D eigenvalue weighted by Gasteiger charge is 2.22. The smallest absolute Gasteiger partial charge is 0.224 e. The first-order chi connectivity index (χ1) is 11.1. The largest absolute Gasteiger partial charge is 0.344 e. The maximum atomic E-state index is 12.2. The summed E-state index contributed by atoms with van der Waals surface area (Å²) in [6, 6.07) is 9.76. The number of likely N-dealkylation sites (N-methyl/N-ethyl adjacent to an activating group) is 2. The Morgan fingerprint density at radius 1 is 1.22 bits per heavy atom. The van der Waals surface area contributed by atoms with Crippen LogP contribution in [-0.4, -0.2) is 54.8 Å². The van der Waals surface area contributed by atoms with Gasteiger partial charge in [-0.1, -0.05) is 24.6 Å². The molecule has 0 aromatic heterocycles. The molecule has 0 saturated carbocycles. The lowest BCUT2D eigenvalue weighted by atomic mass is 10.0. The van der Waals surface area contributed by atoms with E-state index in [1.54, 1.807) is 4.90 Å². The molecular formula is C18H27N3O2. The fourth-order valence-electron chi connectivity index (χ4n) is 2.95. The fraction of sp³-hybridized carbons (Fsp3) is 0.556. The number of piperidine rings is 1. The Morgan fingerprint density at radius 2 is 1.96 bits per heavy atom. The zero-order valence-electron chi connectivity index (χ0n) is 14.1. The first kappa shape index (κ1) is 17.5. The molecule has 23 heavy (non-hydrogen) atoms. The van der Waals surface area contributed by atoms with E-state index < -0.39 is 0 Å². The van der Waals surface area contributed by atoms with Crippen molar-refractivity contribution in [3.8, 4) is 0 Å². The van der Waals surface area contributed by atoms with Crippen LogP contribution in [0.25, 0.3) is 0 Å². The molecule has 0 unspecified atom stereocenters. The summed E-state index contributed by atoms with van der Waals surface area (Å²) in [5.41, 5.74) is 0.766. The van der Waals surface area contributed by atoms with Crippen molar-refractivity contribution in [2.45, 2.75) is 38.1 Å². The number of para-hydroxylation sites is 1. The number of likely N-dealkylation sites (tertiary alicyclic amines) is 1. The maximum absolute atomic E-state index is 12.2. The maximum Gasteiger partial charge on any atom is 0.224 e. The number of hydrogen-bond donors (Lipinski definition) is 1. The molecule has 1 aromatic rings. The number of nitrogens with zero attached hydrogens (tertiary/aromatic N) is 2. The lowest BCUT2D eigenvalue weighted by molar-refractivity contribution is -0.132. The minimum Gasteiger partial charge on any atom is -0.344 e. The summed E-state index contributed by atoms with van der Waals surface area (Å²) in [5.74, 6) is -0.0834. The van der Waals surface area contributed by atoms with Gasteiger partial charge in [0.15, 0.2) is 0 Å². The Bertz CT molecular complexity index is 518. The summed E-state index contributed by atoms with van der Waals surface area (Å²) in [5, 5.41) is 2.81. The van der Waals surface area contributed by atoms with Gasteiger partial charge in [0.1, 0.15) is 0 Å². The summed E-state index contributed by atoms with van der Waals surface area (Å²) in [6.07, 6.45) is 4.09. The summed E-state index contributed by atoms with van der Waals surface area (Å²) in [6.45, 7) is 1.85. The van der Waals surface area contributed by atoms with E-state index in [1.165, 1.54) is 12.8 Å². The molecule has 1 fully saturated rings. The second kappa shape index (κ2) is 8.67. The predicted octanol–water partition coefficient (Wildman–Crippen LogP) is 2.35.